The van der Waals surface area contributed by atoms with Gasteiger partial charge >= 0.3 is 0 Å². The summed E-state index contributed by atoms with van der Waals surface area (Å²) in [6, 6.07) is 4.48. The number of fused-ring (bicyclic) bond motifs is 1. The quantitative estimate of drug-likeness (QED) is 0.777. The number of imidazole rings is 1. The smallest absolute Gasteiger partial charge is 0.160 e. The first kappa shape index (κ1) is 11.0. The maximum atomic E-state index is 6.23. The second-order valence-corrected chi connectivity index (χ2v) is 5.43. The van der Waals surface area contributed by atoms with E-state index < -0.39 is 0 Å². The van der Waals surface area contributed by atoms with Crippen molar-refractivity contribution in [3.8, 4) is 0 Å². The fourth-order valence-corrected chi connectivity index (χ4v) is 2.70. The molecule has 0 aliphatic heterocycles. The number of alkyl halides is 1. The van der Waals surface area contributed by atoms with Gasteiger partial charge in [-0.15, -0.1) is 11.6 Å². The molecule has 1 aliphatic rings. The third kappa shape index (κ3) is 1.73. The molecule has 0 bridgehead atoms. The van der Waals surface area contributed by atoms with Crippen molar-refractivity contribution < 1.29 is 0 Å². The molecule has 0 radical (unpaired) electrons. The highest BCUT2D eigenvalue weighted by molar-refractivity contribution is 6.20. The average molecular weight is 250 g/mol. The summed E-state index contributed by atoms with van der Waals surface area (Å²) < 4.78 is 2.25. The van der Waals surface area contributed by atoms with Gasteiger partial charge in [-0.1, -0.05) is 13.3 Å². The van der Waals surface area contributed by atoms with Gasteiger partial charge in [0.15, 0.2) is 5.65 Å². The third-order valence-corrected chi connectivity index (χ3v) is 3.77. The van der Waals surface area contributed by atoms with Gasteiger partial charge in [0.25, 0.3) is 0 Å². The van der Waals surface area contributed by atoms with Crippen LogP contribution in [0.4, 0.5) is 0 Å². The van der Waals surface area contributed by atoms with E-state index in [1.165, 1.54) is 12.8 Å². The van der Waals surface area contributed by atoms with Crippen LogP contribution in [-0.4, -0.2) is 14.5 Å². The van der Waals surface area contributed by atoms with E-state index in [-0.39, 0.29) is 5.38 Å². The largest absolute Gasteiger partial charge is 0.308 e. The van der Waals surface area contributed by atoms with Crippen LogP contribution in [0.5, 0.6) is 0 Å². The van der Waals surface area contributed by atoms with E-state index in [0.717, 1.165) is 22.9 Å². The zero-order valence-electron chi connectivity index (χ0n) is 10.1. The van der Waals surface area contributed by atoms with Crippen LogP contribution < -0.4 is 0 Å². The van der Waals surface area contributed by atoms with Crippen molar-refractivity contribution in [2.75, 3.05) is 0 Å². The fraction of sp³-hybridized carbons (Fsp3) is 0.538. The summed E-state index contributed by atoms with van der Waals surface area (Å²) in [5, 5.41) is -0.0673. The van der Waals surface area contributed by atoms with E-state index in [1.54, 1.807) is 0 Å². The van der Waals surface area contributed by atoms with Crippen LogP contribution >= 0.6 is 11.6 Å². The van der Waals surface area contributed by atoms with Crippen molar-refractivity contribution in [2.24, 2.45) is 5.92 Å². The number of rotatable bonds is 3. The second kappa shape index (κ2) is 3.98. The molecule has 0 spiro atoms. The minimum Gasteiger partial charge on any atom is -0.308 e. The van der Waals surface area contributed by atoms with Crippen LogP contribution in [0.15, 0.2) is 18.3 Å². The van der Waals surface area contributed by atoms with E-state index in [9.17, 15) is 0 Å². The molecule has 3 nitrogen and oxygen atoms in total. The van der Waals surface area contributed by atoms with Crippen LogP contribution in [0.2, 0.25) is 0 Å². The van der Waals surface area contributed by atoms with E-state index >= 15 is 0 Å². The van der Waals surface area contributed by atoms with Crippen molar-refractivity contribution in [1.29, 1.82) is 0 Å². The zero-order chi connectivity index (χ0) is 12.0. The number of hydrogen-bond acceptors (Lipinski definition) is 2. The highest BCUT2D eigenvalue weighted by Crippen LogP contribution is 2.48. The van der Waals surface area contributed by atoms with Crippen molar-refractivity contribution in [2.45, 2.75) is 38.1 Å². The standard InChI is InChI=1S/C13H16ClN3/c1-3-9-7-11(9)17-12(8(2)14)16-10-5-4-6-15-13(10)17/h4-6,8-9,11H,3,7H2,1-2H3. The van der Waals surface area contributed by atoms with Crippen LogP contribution in [0.1, 0.15) is 43.9 Å². The lowest BCUT2D eigenvalue weighted by molar-refractivity contribution is 0.621. The Bertz CT molecular complexity index is 547. The minimum atomic E-state index is -0.0673. The summed E-state index contributed by atoms with van der Waals surface area (Å²) in [5.74, 6) is 1.73. The number of hydrogen-bond donors (Lipinski definition) is 0. The van der Waals surface area contributed by atoms with Gasteiger partial charge in [-0.3, -0.25) is 0 Å². The minimum absolute atomic E-state index is 0.0673. The molecule has 3 rings (SSSR count). The highest BCUT2D eigenvalue weighted by Gasteiger charge is 2.40. The third-order valence-electron chi connectivity index (χ3n) is 3.57. The molecule has 1 aliphatic carbocycles. The lowest BCUT2D eigenvalue weighted by atomic mass is 10.3. The Hall–Kier alpha value is -1.09. The van der Waals surface area contributed by atoms with Gasteiger partial charge in [0.05, 0.1) is 5.38 Å². The number of nitrogens with zero attached hydrogens (tertiary/aromatic N) is 3. The summed E-state index contributed by atoms with van der Waals surface area (Å²) in [6.45, 7) is 4.21. The van der Waals surface area contributed by atoms with Gasteiger partial charge in [-0.2, -0.15) is 0 Å². The zero-order valence-corrected chi connectivity index (χ0v) is 10.9. The van der Waals surface area contributed by atoms with Gasteiger partial charge in [-0.25, -0.2) is 9.97 Å². The summed E-state index contributed by atoms with van der Waals surface area (Å²) in [5.41, 5.74) is 1.94. The Morgan fingerprint density at radius 3 is 3.06 bits per heavy atom. The SMILES string of the molecule is CCC1CC1n1c(C(C)Cl)nc2cccnc21. The Kier molecular flexibility index (Phi) is 2.58. The molecule has 90 valence electrons. The molecular formula is C13H16ClN3. The van der Waals surface area contributed by atoms with Crippen molar-refractivity contribution >= 4 is 22.8 Å². The Morgan fingerprint density at radius 1 is 1.59 bits per heavy atom. The molecule has 17 heavy (non-hydrogen) atoms. The molecule has 1 saturated carbocycles. The molecular weight excluding hydrogens is 234 g/mol. The molecule has 2 aromatic heterocycles. The highest BCUT2D eigenvalue weighted by atomic mass is 35.5. The van der Waals surface area contributed by atoms with E-state index in [0.29, 0.717) is 6.04 Å². The lowest BCUT2D eigenvalue weighted by Gasteiger charge is -2.09. The van der Waals surface area contributed by atoms with Crippen LogP contribution in [0, 0.1) is 5.92 Å². The lowest BCUT2D eigenvalue weighted by Crippen LogP contribution is -2.04. The van der Waals surface area contributed by atoms with Crippen LogP contribution in [-0.2, 0) is 0 Å². The molecule has 3 unspecified atom stereocenters. The van der Waals surface area contributed by atoms with Gasteiger partial charge in [0, 0.05) is 12.2 Å². The van der Waals surface area contributed by atoms with Gasteiger partial charge in [-0.05, 0) is 31.4 Å². The Labute approximate surface area is 106 Å². The van der Waals surface area contributed by atoms with Crippen molar-refractivity contribution in [3.05, 3.63) is 24.2 Å². The van der Waals surface area contributed by atoms with Crippen molar-refractivity contribution in [3.63, 3.8) is 0 Å². The molecule has 2 aromatic rings. The predicted molar refractivity (Wildman–Crippen MR) is 69.2 cm³/mol. The molecule has 0 N–H and O–H groups in total. The molecule has 4 heteroatoms. The first-order valence-electron chi connectivity index (χ1n) is 6.19. The second-order valence-electron chi connectivity index (χ2n) is 4.77. The van der Waals surface area contributed by atoms with E-state index in [1.807, 2.05) is 25.3 Å². The van der Waals surface area contributed by atoms with Gasteiger partial charge in [0.2, 0.25) is 0 Å². The van der Waals surface area contributed by atoms with Crippen LogP contribution in [0.25, 0.3) is 11.2 Å². The first-order valence-corrected chi connectivity index (χ1v) is 6.63. The Morgan fingerprint density at radius 2 is 2.41 bits per heavy atom. The predicted octanol–water partition coefficient (Wildman–Crippen LogP) is 3.70. The topological polar surface area (TPSA) is 30.7 Å². The van der Waals surface area contributed by atoms with Crippen LogP contribution in [0.3, 0.4) is 0 Å². The average Bonchev–Trinajstić information content (AvgIpc) is 3.00. The Balaban J connectivity index is 2.16. The first-order chi connectivity index (χ1) is 8.22. The summed E-state index contributed by atoms with van der Waals surface area (Å²) in [6.07, 6.45) is 4.27. The van der Waals surface area contributed by atoms with E-state index in [4.69, 9.17) is 11.6 Å². The monoisotopic (exact) mass is 249 g/mol. The summed E-state index contributed by atoms with van der Waals surface area (Å²) >= 11 is 6.23. The molecule has 0 saturated heterocycles. The summed E-state index contributed by atoms with van der Waals surface area (Å²) in [7, 11) is 0. The normalized spacial score (nSPS) is 25.1. The molecule has 0 amide bonds. The van der Waals surface area contributed by atoms with E-state index in [2.05, 4.69) is 21.5 Å². The fourth-order valence-electron chi connectivity index (χ4n) is 2.54. The van der Waals surface area contributed by atoms with Gasteiger partial charge in [0.1, 0.15) is 11.3 Å². The number of halogens is 1. The van der Waals surface area contributed by atoms with Gasteiger partial charge < -0.3 is 4.57 Å². The molecule has 0 aromatic carbocycles. The number of aromatic nitrogens is 3. The molecule has 2 heterocycles. The maximum absolute atomic E-state index is 6.23. The molecule has 3 atom stereocenters. The number of pyridine rings is 1. The summed E-state index contributed by atoms with van der Waals surface area (Å²) in [4.78, 5) is 9.07. The molecule has 1 fully saturated rings. The van der Waals surface area contributed by atoms with Crippen molar-refractivity contribution in [1.82, 2.24) is 14.5 Å². The maximum Gasteiger partial charge on any atom is 0.160 e.